The Balaban J connectivity index is 1.60. The minimum absolute atomic E-state index is 0.214. The predicted molar refractivity (Wildman–Crippen MR) is 77.3 cm³/mol. The number of sulfonamides is 1. The fourth-order valence-electron chi connectivity index (χ4n) is 1.87. The van der Waals surface area contributed by atoms with Crippen LogP contribution in [0.3, 0.4) is 0 Å². The summed E-state index contributed by atoms with van der Waals surface area (Å²) < 4.78 is 26.2. The monoisotopic (exact) mass is 282 g/mol. The minimum Gasteiger partial charge on any atom is -0.314 e. The highest BCUT2D eigenvalue weighted by Crippen LogP contribution is 2.18. The maximum atomic E-state index is 11.8. The van der Waals surface area contributed by atoms with E-state index in [0.717, 1.165) is 18.5 Å². The third-order valence-electron chi connectivity index (χ3n) is 3.19. The summed E-state index contributed by atoms with van der Waals surface area (Å²) in [5, 5.41) is 3.39. The van der Waals surface area contributed by atoms with Crippen LogP contribution < -0.4 is 10.0 Å². The van der Waals surface area contributed by atoms with Crippen molar-refractivity contribution in [2.75, 3.05) is 12.3 Å². The first kappa shape index (κ1) is 14.5. The van der Waals surface area contributed by atoms with Gasteiger partial charge in [-0.25, -0.2) is 13.1 Å². The Morgan fingerprint density at radius 3 is 2.53 bits per heavy atom. The first-order valence-electron chi connectivity index (χ1n) is 6.90. The second kappa shape index (κ2) is 7.03. The van der Waals surface area contributed by atoms with Crippen LogP contribution in [0.15, 0.2) is 30.3 Å². The highest BCUT2D eigenvalue weighted by molar-refractivity contribution is 7.89. The molecule has 0 saturated heterocycles. The van der Waals surface area contributed by atoms with Gasteiger partial charge in [-0.05, 0) is 37.8 Å². The van der Waals surface area contributed by atoms with E-state index in [9.17, 15) is 8.42 Å². The Kier molecular flexibility index (Phi) is 5.36. The second-order valence-corrected chi connectivity index (χ2v) is 6.99. The van der Waals surface area contributed by atoms with E-state index in [4.69, 9.17) is 0 Å². The molecule has 1 aromatic rings. The highest BCUT2D eigenvalue weighted by atomic mass is 32.2. The van der Waals surface area contributed by atoms with E-state index in [0.29, 0.717) is 19.0 Å². The van der Waals surface area contributed by atoms with Gasteiger partial charge in [0.1, 0.15) is 0 Å². The molecule has 0 aromatic heterocycles. The standard InChI is InChI=1S/C14H22N2O2S/c17-19(18,11-5-4-10-15-14-8-9-14)16-12-13-6-2-1-3-7-13/h1-3,6-7,14-16H,4-5,8-12H2. The van der Waals surface area contributed by atoms with Crippen molar-refractivity contribution in [1.82, 2.24) is 10.0 Å². The molecule has 19 heavy (non-hydrogen) atoms. The fourth-order valence-corrected chi connectivity index (χ4v) is 2.99. The van der Waals surface area contributed by atoms with Gasteiger partial charge in [0.15, 0.2) is 0 Å². The van der Waals surface area contributed by atoms with Gasteiger partial charge in [0, 0.05) is 12.6 Å². The quantitative estimate of drug-likeness (QED) is 0.677. The zero-order chi connectivity index (χ0) is 13.6. The van der Waals surface area contributed by atoms with Crippen LogP contribution in [0.25, 0.3) is 0 Å². The van der Waals surface area contributed by atoms with Gasteiger partial charge in [-0.2, -0.15) is 0 Å². The van der Waals surface area contributed by atoms with Gasteiger partial charge in [-0.15, -0.1) is 0 Å². The first-order valence-corrected chi connectivity index (χ1v) is 8.55. The van der Waals surface area contributed by atoms with Crippen molar-refractivity contribution in [3.05, 3.63) is 35.9 Å². The Morgan fingerprint density at radius 1 is 1.11 bits per heavy atom. The third kappa shape index (κ3) is 6.18. The molecular weight excluding hydrogens is 260 g/mol. The van der Waals surface area contributed by atoms with E-state index < -0.39 is 10.0 Å². The number of benzene rings is 1. The molecule has 2 rings (SSSR count). The molecule has 2 N–H and O–H groups in total. The molecule has 5 heteroatoms. The van der Waals surface area contributed by atoms with Crippen LogP contribution in [0.2, 0.25) is 0 Å². The van der Waals surface area contributed by atoms with E-state index in [-0.39, 0.29) is 5.75 Å². The maximum Gasteiger partial charge on any atom is 0.211 e. The van der Waals surface area contributed by atoms with E-state index in [2.05, 4.69) is 10.0 Å². The molecule has 1 saturated carbocycles. The number of hydrogen-bond donors (Lipinski definition) is 2. The maximum absolute atomic E-state index is 11.8. The zero-order valence-corrected chi connectivity index (χ0v) is 12.0. The predicted octanol–water partition coefficient (Wildman–Crippen LogP) is 1.64. The van der Waals surface area contributed by atoms with E-state index >= 15 is 0 Å². The van der Waals surface area contributed by atoms with Gasteiger partial charge < -0.3 is 5.32 Å². The van der Waals surface area contributed by atoms with E-state index in [1.165, 1.54) is 12.8 Å². The molecule has 0 bridgehead atoms. The first-order chi connectivity index (χ1) is 9.16. The highest BCUT2D eigenvalue weighted by Gasteiger charge is 2.19. The van der Waals surface area contributed by atoms with Gasteiger partial charge in [0.2, 0.25) is 10.0 Å². The molecule has 1 fully saturated rings. The topological polar surface area (TPSA) is 58.2 Å². The lowest BCUT2D eigenvalue weighted by molar-refractivity contribution is 0.573. The lowest BCUT2D eigenvalue weighted by Gasteiger charge is -2.07. The third-order valence-corrected chi connectivity index (χ3v) is 4.60. The molecule has 0 heterocycles. The van der Waals surface area contributed by atoms with Crippen molar-refractivity contribution in [1.29, 1.82) is 0 Å². The van der Waals surface area contributed by atoms with Crippen molar-refractivity contribution < 1.29 is 8.42 Å². The summed E-state index contributed by atoms with van der Waals surface area (Å²) in [6, 6.07) is 10.3. The SMILES string of the molecule is O=S(=O)(CCCCNC1CC1)NCc1ccccc1. The van der Waals surface area contributed by atoms with Gasteiger partial charge in [-0.3, -0.25) is 0 Å². The smallest absolute Gasteiger partial charge is 0.211 e. The lowest BCUT2D eigenvalue weighted by Crippen LogP contribution is -2.26. The molecule has 1 aliphatic rings. The molecule has 0 spiro atoms. The molecule has 0 amide bonds. The molecule has 106 valence electrons. The fraction of sp³-hybridized carbons (Fsp3) is 0.571. The largest absolute Gasteiger partial charge is 0.314 e. The molecule has 1 aromatic carbocycles. The van der Waals surface area contributed by atoms with Crippen molar-refractivity contribution in [3.63, 3.8) is 0 Å². The minimum atomic E-state index is -3.14. The molecule has 0 atom stereocenters. The van der Waals surface area contributed by atoms with Gasteiger partial charge in [0.05, 0.1) is 5.75 Å². The van der Waals surface area contributed by atoms with Crippen molar-refractivity contribution in [3.8, 4) is 0 Å². The summed E-state index contributed by atoms with van der Waals surface area (Å²) in [6.07, 6.45) is 4.18. The molecular formula is C14H22N2O2S. The molecule has 4 nitrogen and oxygen atoms in total. The van der Waals surface area contributed by atoms with Gasteiger partial charge in [0.25, 0.3) is 0 Å². The number of nitrogens with one attached hydrogen (secondary N) is 2. The summed E-state index contributed by atoms with van der Waals surface area (Å²) in [5.74, 6) is 0.214. The molecule has 1 aliphatic carbocycles. The summed E-state index contributed by atoms with van der Waals surface area (Å²) >= 11 is 0. The summed E-state index contributed by atoms with van der Waals surface area (Å²) in [6.45, 7) is 1.31. The van der Waals surface area contributed by atoms with E-state index in [1.54, 1.807) is 0 Å². The Morgan fingerprint density at radius 2 is 1.84 bits per heavy atom. The van der Waals surface area contributed by atoms with Crippen LogP contribution in [-0.2, 0) is 16.6 Å². The summed E-state index contributed by atoms with van der Waals surface area (Å²) in [4.78, 5) is 0. The Labute approximate surface area is 115 Å². The van der Waals surface area contributed by atoms with Crippen molar-refractivity contribution >= 4 is 10.0 Å². The number of unbranched alkanes of at least 4 members (excludes halogenated alkanes) is 1. The average Bonchev–Trinajstić information content (AvgIpc) is 3.21. The van der Waals surface area contributed by atoms with Crippen LogP contribution in [-0.4, -0.2) is 26.8 Å². The Bertz CT molecular complexity index is 469. The van der Waals surface area contributed by atoms with Crippen LogP contribution >= 0.6 is 0 Å². The lowest BCUT2D eigenvalue weighted by atomic mass is 10.2. The van der Waals surface area contributed by atoms with Crippen LogP contribution in [0.1, 0.15) is 31.2 Å². The Hall–Kier alpha value is -0.910. The van der Waals surface area contributed by atoms with E-state index in [1.807, 2.05) is 30.3 Å². The second-order valence-electron chi connectivity index (χ2n) is 5.06. The molecule has 0 unspecified atom stereocenters. The molecule has 0 aliphatic heterocycles. The van der Waals surface area contributed by atoms with Gasteiger partial charge in [-0.1, -0.05) is 30.3 Å². The van der Waals surface area contributed by atoms with Crippen molar-refractivity contribution in [2.24, 2.45) is 0 Å². The van der Waals surface area contributed by atoms with Gasteiger partial charge >= 0.3 is 0 Å². The zero-order valence-electron chi connectivity index (χ0n) is 11.1. The van der Waals surface area contributed by atoms with Crippen LogP contribution in [0, 0.1) is 0 Å². The average molecular weight is 282 g/mol. The molecule has 0 radical (unpaired) electrons. The number of hydrogen-bond acceptors (Lipinski definition) is 3. The van der Waals surface area contributed by atoms with Crippen molar-refractivity contribution in [2.45, 2.75) is 38.3 Å². The van der Waals surface area contributed by atoms with Crippen LogP contribution in [0.5, 0.6) is 0 Å². The normalized spacial score (nSPS) is 15.6. The summed E-state index contributed by atoms with van der Waals surface area (Å²) in [7, 11) is -3.14. The number of rotatable bonds is 9. The van der Waals surface area contributed by atoms with Crippen LogP contribution in [0.4, 0.5) is 0 Å². The summed E-state index contributed by atoms with van der Waals surface area (Å²) in [5.41, 5.74) is 0.987.